The number of alkyl halides is 2. The molecule has 0 spiro atoms. The lowest BCUT2D eigenvalue weighted by molar-refractivity contribution is 0.151. The van der Waals surface area contributed by atoms with E-state index in [9.17, 15) is 8.78 Å². The summed E-state index contributed by atoms with van der Waals surface area (Å²) in [5.41, 5.74) is 7.62. The van der Waals surface area contributed by atoms with Crippen molar-refractivity contribution in [3.63, 3.8) is 0 Å². The number of anilines is 1. The molecule has 4 heteroatoms. The summed E-state index contributed by atoms with van der Waals surface area (Å²) in [4.78, 5) is 2.16. The van der Waals surface area contributed by atoms with Gasteiger partial charge in [-0.3, -0.25) is 0 Å². The zero-order valence-electron chi connectivity index (χ0n) is 9.79. The number of nitrogens with zero attached hydrogens (tertiary/aromatic N) is 1. The highest BCUT2D eigenvalue weighted by Crippen LogP contribution is 2.32. The minimum atomic E-state index is -2.48. The van der Waals surface area contributed by atoms with Crippen LogP contribution in [0.15, 0.2) is 24.3 Å². The van der Waals surface area contributed by atoms with E-state index in [1.165, 1.54) is 6.07 Å². The zero-order chi connectivity index (χ0) is 12.4. The second-order valence-corrected chi connectivity index (χ2v) is 4.39. The van der Waals surface area contributed by atoms with Crippen LogP contribution in [-0.4, -0.2) is 25.0 Å². The van der Waals surface area contributed by atoms with Gasteiger partial charge in [0.15, 0.2) is 0 Å². The standard InChI is InChI=1S/C13H16F2N2/c1-17-6-4-9(5-7-17)11-3-2-10(16)8-12(11)13(14)15/h2-4,8,13H,5-7,16H2,1H3. The van der Waals surface area contributed by atoms with Crippen molar-refractivity contribution in [3.05, 3.63) is 35.4 Å². The number of nitrogen functional groups attached to an aromatic ring is 1. The highest BCUT2D eigenvalue weighted by molar-refractivity contribution is 5.71. The van der Waals surface area contributed by atoms with E-state index in [0.717, 1.165) is 25.1 Å². The van der Waals surface area contributed by atoms with Crippen molar-refractivity contribution in [2.45, 2.75) is 12.8 Å². The molecular formula is C13H16F2N2. The summed E-state index contributed by atoms with van der Waals surface area (Å²) in [6.07, 6.45) is 0.343. The molecule has 0 aromatic heterocycles. The van der Waals surface area contributed by atoms with Crippen LogP contribution < -0.4 is 5.73 Å². The number of nitrogens with two attached hydrogens (primary N) is 1. The molecule has 1 aliphatic heterocycles. The van der Waals surface area contributed by atoms with Crippen molar-refractivity contribution in [2.24, 2.45) is 0 Å². The lowest BCUT2D eigenvalue weighted by atomic mass is 9.95. The number of hydrogen-bond acceptors (Lipinski definition) is 2. The van der Waals surface area contributed by atoms with Gasteiger partial charge < -0.3 is 10.6 Å². The van der Waals surface area contributed by atoms with Crippen molar-refractivity contribution in [3.8, 4) is 0 Å². The van der Waals surface area contributed by atoms with Gasteiger partial charge in [0.05, 0.1) is 0 Å². The maximum atomic E-state index is 12.9. The molecule has 0 atom stereocenters. The molecule has 2 N–H and O–H groups in total. The fourth-order valence-electron chi connectivity index (χ4n) is 2.07. The molecule has 0 amide bonds. The first kappa shape index (κ1) is 12.0. The third-order valence-corrected chi connectivity index (χ3v) is 3.07. The molecule has 0 bridgehead atoms. The average molecular weight is 238 g/mol. The van der Waals surface area contributed by atoms with Crippen molar-refractivity contribution in [2.75, 3.05) is 25.9 Å². The molecule has 2 rings (SSSR count). The monoisotopic (exact) mass is 238 g/mol. The smallest absolute Gasteiger partial charge is 0.264 e. The van der Waals surface area contributed by atoms with E-state index in [1.807, 2.05) is 13.1 Å². The largest absolute Gasteiger partial charge is 0.399 e. The molecule has 92 valence electrons. The summed E-state index contributed by atoms with van der Waals surface area (Å²) >= 11 is 0. The minimum absolute atomic E-state index is 0.0424. The highest BCUT2D eigenvalue weighted by Gasteiger charge is 2.18. The van der Waals surface area contributed by atoms with E-state index in [1.54, 1.807) is 12.1 Å². The third kappa shape index (κ3) is 2.64. The Morgan fingerprint density at radius 2 is 2.12 bits per heavy atom. The fourth-order valence-corrected chi connectivity index (χ4v) is 2.07. The Morgan fingerprint density at radius 1 is 1.35 bits per heavy atom. The number of likely N-dealkylation sites (N-methyl/N-ethyl adjacent to an activating group) is 1. The Kier molecular flexibility index (Phi) is 3.43. The zero-order valence-corrected chi connectivity index (χ0v) is 9.79. The van der Waals surface area contributed by atoms with Gasteiger partial charge in [0.25, 0.3) is 6.43 Å². The van der Waals surface area contributed by atoms with Gasteiger partial charge in [-0.25, -0.2) is 8.78 Å². The first-order valence-electron chi connectivity index (χ1n) is 5.63. The molecule has 0 radical (unpaired) electrons. The molecule has 17 heavy (non-hydrogen) atoms. The number of hydrogen-bond donors (Lipinski definition) is 1. The minimum Gasteiger partial charge on any atom is -0.399 e. The van der Waals surface area contributed by atoms with E-state index in [-0.39, 0.29) is 5.56 Å². The van der Waals surface area contributed by atoms with Crippen molar-refractivity contribution in [1.29, 1.82) is 0 Å². The van der Waals surface area contributed by atoms with Crippen LogP contribution in [0.3, 0.4) is 0 Å². The van der Waals surface area contributed by atoms with Crippen LogP contribution >= 0.6 is 0 Å². The predicted molar refractivity (Wildman–Crippen MR) is 65.9 cm³/mol. The summed E-state index contributed by atoms with van der Waals surface area (Å²) < 4.78 is 25.9. The summed E-state index contributed by atoms with van der Waals surface area (Å²) in [5.74, 6) is 0. The van der Waals surface area contributed by atoms with Crippen molar-refractivity contribution < 1.29 is 8.78 Å². The van der Waals surface area contributed by atoms with Crippen LogP contribution in [0.4, 0.5) is 14.5 Å². The average Bonchev–Trinajstić information content (AvgIpc) is 2.30. The summed E-state index contributed by atoms with van der Waals surface area (Å²) in [6.45, 7) is 1.71. The fraction of sp³-hybridized carbons (Fsp3) is 0.385. The van der Waals surface area contributed by atoms with Gasteiger partial charge in [-0.1, -0.05) is 12.1 Å². The molecule has 2 nitrogen and oxygen atoms in total. The van der Waals surface area contributed by atoms with E-state index < -0.39 is 6.43 Å². The maximum absolute atomic E-state index is 12.9. The van der Waals surface area contributed by atoms with Crippen molar-refractivity contribution in [1.82, 2.24) is 4.90 Å². The first-order chi connectivity index (χ1) is 8.08. The SMILES string of the molecule is CN1CC=C(c2ccc(N)cc2C(F)F)CC1. The second kappa shape index (κ2) is 4.84. The Morgan fingerprint density at radius 3 is 2.71 bits per heavy atom. The van der Waals surface area contributed by atoms with Crippen LogP contribution in [0, 0.1) is 0 Å². The summed E-state index contributed by atoms with van der Waals surface area (Å²) in [7, 11) is 2.02. The van der Waals surface area contributed by atoms with Crippen LogP contribution in [-0.2, 0) is 0 Å². The van der Waals surface area contributed by atoms with Gasteiger partial charge in [0.1, 0.15) is 0 Å². The molecule has 0 aliphatic carbocycles. The van der Waals surface area contributed by atoms with Crippen molar-refractivity contribution >= 4 is 11.3 Å². The Hall–Kier alpha value is -1.42. The first-order valence-corrected chi connectivity index (χ1v) is 5.63. The topological polar surface area (TPSA) is 29.3 Å². The Bertz CT molecular complexity index is 441. The van der Waals surface area contributed by atoms with E-state index in [0.29, 0.717) is 11.3 Å². The molecule has 0 saturated carbocycles. The molecule has 1 aromatic carbocycles. The molecule has 0 saturated heterocycles. The number of rotatable bonds is 2. The lowest BCUT2D eigenvalue weighted by Crippen LogP contribution is -2.23. The predicted octanol–water partition coefficient (Wildman–Crippen LogP) is 2.93. The Labute approximate surface area is 99.7 Å². The Balaban J connectivity index is 2.38. The molecule has 1 aliphatic rings. The van der Waals surface area contributed by atoms with Crippen LogP contribution in [0.5, 0.6) is 0 Å². The maximum Gasteiger partial charge on any atom is 0.264 e. The number of halogens is 2. The third-order valence-electron chi connectivity index (χ3n) is 3.07. The van der Waals surface area contributed by atoms with Gasteiger partial charge in [0, 0.05) is 24.3 Å². The molecular weight excluding hydrogens is 222 g/mol. The quantitative estimate of drug-likeness (QED) is 0.803. The molecule has 0 fully saturated rings. The summed E-state index contributed by atoms with van der Waals surface area (Å²) in [6, 6.07) is 4.76. The van der Waals surface area contributed by atoms with Crippen LogP contribution in [0.25, 0.3) is 5.57 Å². The molecule has 0 unspecified atom stereocenters. The van der Waals surface area contributed by atoms with Crippen LogP contribution in [0.1, 0.15) is 24.0 Å². The summed E-state index contributed by atoms with van der Waals surface area (Å²) in [5, 5.41) is 0. The van der Waals surface area contributed by atoms with E-state index in [4.69, 9.17) is 5.73 Å². The van der Waals surface area contributed by atoms with Gasteiger partial charge in [-0.05, 0) is 36.7 Å². The van der Waals surface area contributed by atoms with E-state index >= 15 is 0 Å². The normalized spacial score (nSPS) is 17.3. The highest BCUT2D eigenvalue weighted by atomic mass is 19.3. The van der Waals surface area contributed by atoms with Gasteiger partial charge in [-0.15, -0.1) is 0 Å². The molecule has 1 aromatic rings. The van der Waals surface area contributed by atoms with Gasteiger partial charge in [-0.2, -0.15) is 0 Å². The number of benzene rings is 1. The second-order valence-electron chi connectivity index (χ2n) is 4.39. The molecule has 1 heterocycles. The van der Waals surface area contributed by atoms with Gasteiger partial charge in [0.2, 0.25) is 0 Å². The van der Waals surface area contributed by atoms with E-state index in [2.05, 4.69) is 4.90 Å². The van der Waals surface area contributed by atoms with Gasteiger partial charge >= 0.3 is 0 Å². The lowest BCUT2D eigenvalue weighted by Gasteiger charge is -2.23. The van der Waals surface area contributed by atoms with Crippen LogP contribution in [0.2, 0.25) is 0 Å².